The summed E-state index contributed by atoms with van der Waals surface area (Å²) in [6.07, 6.45) is 4.99. The van der Waals surface area contributed by atoms with Crippen molar-refractivity contribution >= 4 is 11.9 Å². The molecule has 0 aromatic heterocycles. The minimum absolute atomic E-state index is 0.0911. The lowest BCUT2D eigenvalue weighted by Crippen LogP contribution is -2.67. The molecular formula is C16H25NO5. The molecule has 6 heteroatoms. The fraction of sp³-hybridized carbons (Fsp3) is 0.875. The molecule has 1 amide bonds. The number of carboxylic acid groups (broad SMARTS) is 1. The van der Waals surface area contributed by atoms with E-state index in [9.17, 15) is 19.8 Å². The van der Waals surface area contributed by atoms with Gasteiger partial charge in [-0.1, -0.05) is 32.6 Å². The molecule has 0 unspecified atom stereocenters. The predicted molar refractivity (Wildman–Crippen MR) is 78.2 cm³/mol. The Morgan fingerprint density at radius 1 is 1.41 bits per heavy atom. The molecule has 2 heterocycles. The standard InChI is InChI=1S/C16H25NO5/c1-2-6-11-13(19)17-16(14(20)21,15(11)9-22-15)12(18)10-7-4-3-5-8-10/h10-12,18H,2-9H2,1H3,(H,17,19)(H,20,21)/t11-,12-,15-,16-/m0/s1. The van der Waals surface area contributed by atoms with Crippen LogP contribution in [0.5, 0.6) is 0 Å². The first-order valence-electron chi connectivity index (χ1n) is 8.37. The second-order valence-electron chi connectivity index (χ2n) is 6.96. The maximum absolute atomic E-state index is 12.4. The number of aliphatic carboxylic acids is 1. The van der Waals surface area contributed by atoms with Gasteiger partial charge in [-0.2, -0.15) is 0 Å². The van der Waals surface area contributed by atoms with Crippen molar-refractivity contribution in [3.05, 3.63) is 0 Å². The van der Waals surface area contributed by atoms with Crippen LogP contribution in [-0.2, 0) is 14.3 Å². The Balaban J connectivity index is 1.95. The summed E-state index contributed by atoms with van der Waals surface area (Å²) in [4.78, 5) is 24.5. The van der Waals surface area contributed by atoms with Gasteiger partial charge in [-0.3, -0.25) is 4.79 Å². The lowest BCUT2D eigenvalue weighted by atomic mass is 9.69. The van der Waals surface area contributed by atoms with Gasteiger partial charge in [0.15, 0.2) is 5.54 Å². The summed E-state index contributed by atoms with van der Waals surface area (Å²) in [6.45, 7) is 2.19. The smallest absolute Gasteiger partial charge is 0.335 e. The Kier molecular flexibility index (Phi) is 3.93. The van der Waals surface area contributed by atoms with Crippen molar-refractivity contribution in [2.75, 3.05) is 6.61 Å². The molecule has 4 atom stereocenters. The zero-order chi connectivity index (χ0) is 16.0. The van der Waals surface area contributed by atoms with Crippen molar-refractivity contribution in [2.24, 2.45) is 11.8 Å². The molecule has 1 aliphatic carbocycles. The van der Waals surface area contributed by atoms with Crippen molar-refractivity contribution in [3.63, 3.8) is 0 Å². The number of ether oxygens (including phenoxy) is 1. The lowest BCUT2D eigenvalue weighted by Gasteiger charge is -2.39. The minimum Gasteiger partial charge on any atom is -0.479 e. The molecule has 124 valence electrons. The van der Waals surface area contributed by atoms with E-state index in [4.69, 9.17) is 4.74 Å². The summed E-state index contributed by atoms with van der Waals surface area (Å²) in [5, 5.41) is 23.4. The van der Waals surface area contributed by atoms with Gasteiger partial charge >= 0.3 is 5.97 Å². The van der Waals surface area contributed by atoms with Gasteiger partial charge in [0.1, 0.15) is 5.60 Å². The van der Waals surface area contributed by atoms with Crippen LogP contribution < -0.4 is 5.32 Å². The Bertz CT molecular complexity index is 469. The molecule has 6 nitrogen and oxygen atoms in total. The number of carboxylic acids is 1. The van der Waals surface area contributed by atoms with Crippen LogP contribution in [0.25, 0.3) is 0 Å². The molecule has 3 fully saturated rings. The normalized spacial score (nSPS) is 39.7. The predicted octanol–water partition coefficient (Wildman–Crippen LogP) is 1.07. The van der Waals surface area contributed by atoms with Crippen molar-refractivity contribution < 1.29 is 24.5 Å². The maximum Gasteiger partial charge on any atom is 0.335 e. The summed E-state index contributed by atoms with van der Waals surface area (Å²) in [7, 11) is 0. The SMILES string of the molecule is CCC[C@H]1C(=O)N[C@](C(=O)O)([C@@H](O)C2CCCCC2)[C@]12CO2. The highest BCUT2D eigenvalue weighted by molar-refractivity contribution is 5.96. The summed E-state index contributed by atoms with van der Waals surface area (Å²) >= 11 is 0. The van der Waals surface area contributed by atoms with Crippen molar-refractivity contribution in [1.82, 2.24) is 5.32 Å². The molecule has 1 spiro atoms. The molecule has 1 saturated carbocycles. The fourth-order valence-electron chi connectivity index (χ4n) is 4.52. The molecule has 0 bridgehead atoms. The van der Waals surface area contributed by atoms with Gasteiger partial charge in [-0.05, 0) is 25.2 Å². The molecule has 0 aromatic rings. The third-order valence-electron chi connectivity index (χ3n) is 5.78. The molecule has 3 rings (SSSR count). The summed E-state index contributed by atoms with van der Waals surface area (Å²) in [6, 6.07) is 0. The molecule has 3 aliphatic rings. The van der Waals surface area contributed by atoms with E-state index in [2.05, 4.69) is 5.32 Å². The number of epoxide rings is 1. The summed E-state index contributed by atoms with van der Waals surface area (Å²) < 4.78 is 5.56. The van der Waals surface area contributed by atoms with E-state index < -0.39 is 29.1 Å². The number of aliphatic hydroxyl groups excluding tert-OH is 1. The van der Waals surface area contributed by atoms with Gasteiger partial charge in [0.25, 0.3) is 0 Å². The topological polar surface area (TPSA) is 99.2 Å². The van der Waals surface area contributed by atoms with Crippen LogP contribution >= 0.6 is 0 Å². The van der Waals surface area contributed by atoms with Crippen LogP contribution in [0, 0.1) is 11.8 Å². The Morgan fingerprint density at radius 2 is 2.05 bits per heavy atom. The van der Waals surface area contributed by atoms with E-state index in [1.165, 1.54) is 0 Å². The largest absolute Gasteiger partial charge is 0.479 e. The molecule has 0 aromatic carbocycles. The van der Waals surface area contributed by atoms with Gasteiger partial charge < -0.3 is 20.3 Å². The van der Waals surface area contributed by atoms with Gasteiger partial charge in [0, 0.05) is 0 Å². The number of hydrogen-bond donors (Lipinski definition) is 3. The van der Waals surface area contributed by atoms with Crippen LogP contribution in [0.15, 0.2) is 0 Å². The highest BCUT2D eigenvalue weighted by Crippen LogP contribution is 2.54. The zero-order valence-corrected chi connectivity index (χ0v) is 13.0. The van der Waals surface area contributed by atoms with Crippen LogP contribution in [0.4, 0.5) is 0 Å². The molecule has 2 saturated heterocycles. The van der Waals surface area contributed by atoms with Crippen LogP contribution in [0.2, 0.25) is 0 Å². The van der Waals surface area contributed by atoms with Gasteiger partial charge in [0.2, 0.25) is 5.91 Å². The van der Waals surface area contributed by atoms with Gasteiger partial charge in [-0.25, -0.2) is 4.79 Å². The van der Waals surface area contributed by atoms with Gasteiger partial charge in [0.05, 0.1) is 18.6 Å². The first kappa shape index (κ1) is 15.7. The quantitative estimate of drug-likeness (QED) is 0.660. The van der Waals surface area contributed by atoms with Crippen molar-refractivity contribution in [2.45, 2.75) is 69.1 Å². The minimum atomic E-state index is -1.69. The fourth-order valence-corrected chi connectivity index (χ4v) is 4.52. The molecule has 2 aliphatic heterocycles. The molecule has 22 heavy (non-hydrogen) atoms. The summed E-state index contributed by atoms with van der Waals surface area (Å²) in [5.74, 6) is -2.04. The third kappa shape index (κ3) is 2.00. The Labute approximate surface area is 130 Å². The Morgan fingerprint density at radius 3 is 2.55 bits per heavy atom. The van der Waals surface area contributed by atoms with Crippen LogP contribution in [-0.4, -0.2) is 45.9 Å². The zero-order valence-electron chi connectivity index (χ0n) is 13.0. The number of rotatable bonds is 5. The Hall–Kier alpha value is -1.14. The molecule has 0 radical (unpaired) electrons. The number of amides is 1. The average molecular weight is 311 g/mol. The highest BCUT2D eigenvalue weighted by atomic mass is 16.6. The van der Waals surface area contributed by atoms with E-state index in [1.54, 1.807) is 0 Å². The molecule has 3 N–H and O–H groups in total. The van der Waals surface area contributed by atoms with E-state index in [0.717, 1.165) is 38.5 Å². The van der Waals surface area contributed by atoms with E-state index in [0.29, 0.717) is 6.42 Å². The number of carbonyl (C=O) groups excluding carboxylic acids is 1. The second kappa shape index (κ2) is 5.49. The lowest BCUT2D eigenvalue weighted by molar-refractivity contribution is -0.157. The van der Waals surface area contributed by atoms with Crippen LogP contribution in [0.1, 0.15) is 51.9 Å². The molecular weight excluding hydrogens is 286 g/mol. The van der Waals surface area contributed by atoms with Crippen molar-refractivity contribution in [3.8, 4) is 0 Å². The second-order valence-corrected chi connectivity index (χ2v) is 6.96. The third-order valence-corrected chi connectivity index (χ3v) is 5.78. The monoisotopic (exact) mass is 311 g/mol. The highest BCUT2D eigenvalue weighted by Gasteiger charge is 2.78. The number of aliphatic hydroxyl groups is 1. The van der Waals surface area contributed by atoms with E-state index in [1.807, 2.05) is 6.92 Å². The number of nitrogens with one attached hydrogen (secondary N) is 1. The first-order chi connectivity index (χ1) is 10.5. The average Bonchev–Trinajstić information content (AvgIpc) is 3.27. The number of hydrogen-bond acceptors (Lipinski definition) is 4. The van der Waals surface area contributed by atoms with E-state index >= 15 is 0 Å². The van der Waals surface area contributed by atoms with E-state index in [-0.39, 0.29) is 18.4 Å². The van der Waals surface area contributed by atoms with Gasteiger partial charge in [-0.15, -0.1) is 0 Å². The summed E-state index contributed by atoms with van der Waals surface area (Å²) in [5.41, 5.74) is -2.76. The number of carbonyl (C=O) groups is 2. The van der Waals surface area contributed by atoms with Crippen LogP contribution in [0.3, 0.4) is 0 Å². The first-order valence-corrected chi connectivity index (χ1v) is 8.37. The van der Waals surface area contributed by atoms with Crippen molar-refractivity contribution in [1.29, 1.82) is 0 Å². The maximum atomic E-state index is 12.4.